The number of halogens is 2. The van der Waals surface area contributed by atoms with Crippen molar-refractivity contribution in [3.63, 3.8) is 0 Å². The Bertz CT molecular complexity index is 1080. The van der Waals surface area contributed by atoms with Crippen LogP contribution in [0.5, 0.6) is 0 Å². The minimum absolute atomic E-state index is 0.228. The lowest BCUT2D eigenvalue weighted by Crippen LogP contribution is -2.00. The minimum Gasteiger partial charge on any atom is -0.461 e. The van der Waals surface area contributed by atoms with Crippen LogP contribution in [0.1, 0.15) is 11.1 Å². The van der Waals surface area contributed by atoms with Gasteiger partial charge < -0.3 is 4.42 Å². The van der Waals surface area contributed by atoms with Gasteiger partial charge in [-0.1, -0.05) is 23.9 Å². The topological polar surface area (TPSA) is 43.9 Å². The van der Waals surface area contributed by atoms with Gasteiger partial charge in [-0.2, -0.15) is 0 Å². The van der Waals surface area contributed by atoms with E-state index >= 15 is 0 Å². The first-order valence-corrected chi connectivity index (χ1v) is 9.23. The molecule has 0 amide bonds. The summed E-state index contributed by atoms with van der Waals surface area (Å²) in [6.07, 6.45) is 1.57. The predicted molar refractivity (Wildman–Crippen MR) is 99.7 cm³/mol. The van der Waals surface area contributed by atoms with Crippen molar-refractivity contribution in [2.24, 2.45) is 0 Å². The van der Waals surface area contributed by atoms with Gasteiger partial charge in [0.1, 0.15) is 11.6 Å². The molecule has 136 valence electrons. The second kappa shape index (κ2) is 7.36. The molecule has 4 nitrogen and oxygen atoms in total. The Labute approximate surface area is 158 Å². The summed E-state index contributed by atoms with van der Waals surface area (Å²) in [5.74, 6) is 0.437. The number of aryl methyl sites for hydroxylation is 1. The van der Waals surface area contributed by atoms with Crippen LogP contribution in [0.2, 0.25) is 0 Å². The SMILES string of the molecule is Cc1cccc(-n2c(SCc3cc(F)ccc3F)nnc2-c2ccco2)c1. The van der Waals surface area contributed by atoms with E-state index in [9.17, 15) is 8.78 Å². The zero-order valence-corrected chi connectivity index (χ0v) is 15.2. The number of benzene rings is 2. The van der Waals surface area contributed by atoms with Gasteiger partial charge in [-0.15, -0.1) is 10.2 Å². The van der Waals surface area contributed by atoms with Gasteiger partial charge in [0.2, 0.25) is 5.82 Å². The number of thioether (sulfide) groups is 1. The molecule has 2 heterocycles. The maximum Gasteiger partial charge on any atom is 0.205 e. The van der Waals surface area contributed by atoms with Gasteiger partial charge in [-0.05, 0) is 55.0 Å². The number of furan rings is 1. The van der Waals surface area contributed by atoms with E-state index in [2.05, 4.69) is 10.2 Å². The normalized spacial score (nSPS) is 11.1. The van der Waals surface area contributed by atoms with Crippen molar-refractivity contribution in [3.8, 4) is 17.3 Å². The number of nitrogens with zero attached hydrogens (tertiary/aromatic N) is 3. The van der Waals surface area contributed by atoms with E-state index in [4.69, 9.17) is 4.42 Å². The first kappa shape index (κ1) is 17.5. The Morgan fingerprint density at radius 3 is 2.70 bits per heavy atom. The third-order valence-corrected chi connectivity index (χ3v) is 4.98. The average molecular weight is 383 g/mol. The highest BCUT2D eigenvalue weighted by atomic mass is 32.2. The van der Waals surface area contributed by atoms with Gasteiger partial charge in [-0.25, -0.2) is 8.78 Å². The van der Waals surface area contributed by atoms with Crippen molar-refractivity contribution in [2.75, 3.05) is 0 Å². The fraction of sp³-hybridized carbons (Fsp3) is 0.100. The largest absolute Gasteiger partial charge is 0.461 e. The molecule has 0 fully saturated rings. The Kier molecular flexibility index (Phi) is 4.77. The molecule has 7 heteroatoms. The molecule has 2 aromatic heterocycles. The molecule has 0 unspecified atom stereocenters. The van der Waals surface area contributed by atoms with E-state index < -0.39 is 11.6 Å². The van der Waals surface area contributed by atoms with E-state index in [-0.39, 0.29) is 11.3 Å². The second-order valence-electron chi connectivity index (χ2n) is 5.98. The van der Waals surface area contributed by atoms with Crippen LogP contribution >= 0.6 is 11.8 Å². The lowest BCUT2D eigenvalue weighted by Gasteiger charge is -2.10. The Balaban J connectivity index is 1.73. The molecule has 27 heavy (non-hydrogen) atoms. The van der Waals surface area contributed by atoms with Crippen LogP contribution in [0.3, 0.4) is 0 Å². The maximum atomic E-state index is 13.9. The van der Waals surface area contributed by atoms with Crippen molar-refractivity contribution < 1.29 is 13.2 Å². The van der Waals surface area contributed by atoms with Gasteiger partial charge >= 0.3 is 0 Å². The summed E-state index contributed by atoms with van der Waals surface area (Å²) < 4.78 is 34.7. The Hall–Kier alpha value is -2.93. The van der Waals surface area contributed by atoms with Crippen LogP contribution in [-0.2, 0) is 5.75 Å². The molecule has 2 aromatic carbocycles. The smallest absolute Gasteiger partial charge is 0.205 e. The van der Waals surface area contributed by atoms with Crippen molar-refractivity contribution in [1.29, 1.82) is 0 Å². The molecule has 0 bridgehead atoms. The van der Waals surface area contributed by atoms with E-state index in [0.29, 0.717) is 16.7 Å². The maximum absolute atomic E-state index is 13.9. The molecule has 4 aromatic rings. The van der Waals surface area contributed by atoms with E-state index in [1.165, 1.54) is 17.8 Å². The molecule has 0 aliphatic heterocycles. The molecular formula is C20H15F2N3OS. The van der Waals surface area contributed by atoms with Gasteiger partial charge in [0.25, 0.3) is 0 Å². The summed E-state index contributed by atoms with van der Waals surface area (Å²) in [6, 6.07) is 14.9. The molecule has 4 rings (SSSR count). The molecule has 0 N–H and O–H groups in total. The average Bonchev–Trinajstić information content (AvgIpc) is 3.31. The number of hydrogen-bond acceptors (Lipinski definition) is 4. The van der Waals surface area contributed by atoms with Crippen molar-refractivity contribution >= 4 is 11.8 Å². The third-order valence-electron chi connectivity index (χ3n) is 4.00. The summed E-state index contributed by atoms with van der Waals surface area (Å²) in [7, 11) is 0. The van der Waals surface area contributed by atoms with Gasteiger partial charge in [-0.3, -0.25) is 4.57 Å². The van der Waals surface area contributed by atoms with Crippen molar-refractivity contribution in [1.82, 2.24) is 14.8 Å². The summed E-state index contributed by atoms with van der Waals surface area (Å²) in [5.41, 5.74) is 2.23. The van der Waals surface area contributed by atoms with Crippen LogP contribution in [0.15, 0.2) is 70.4 Å². The molecule has 0 saturated carbocycles. The summed E-state index contributed by atoms with van der Waals surface area (Å²) in [5, 5.41) is 9.06. The van der Waals surface area contributed by atoms with Crippen molar-refractivity contribution in [2.45, 2.75) is 17.8 Å². The molecule has 0 aliphatic carbocycles. The lowest BCUT2D eigenvalue weighted by atomic mass is 10.2. The van der Waals surface area contributed by atoms with E-state index in [1.54, 1.807) is 18.4 Å². The highest BCUT2D eigenvalue weighted by molar-refractivity contribution is 7.98. The molecule has 0 atom stereocenters. The lowest BCUT2D eigenvalue weighted by molar-refractivity contribution is 0.575. The molecular weight excluding hydrogens is 368 g/mol. The molecule has 0 spiro atoms. The first-order chi connectivity index (χ1) is 13.1. The molecule has 0 aliphatic rings. The van der Waals surface area contributed by atoms with Crippen molar-refractivity contribution in [3.05, 3.63) is 83.6 Å². The summed E-state index contributed by atoms with van der Waals surface area (Å²) >= 11 is 1.28. The standard InChI is InChI=1S/C20H15F2N3OS/c1-13-4-2-5-16(10-13)25-19(18-6-3-9-26-18)23-24-20(25)27-12-14-11-15(21)7-8-17(14)22/h2-11H,12H2,1H3. The van der Waals surface area contributed by atoms with Crippen LogP contribution in [0.25, 0.3) is 17.3 Å². The highest BCUT2D eigenvalue weighted by Gasteiger charge is 2.18. The zero-order valence-electron chi connectivity index (χ0n) is 14.4. The number of hydrogen-bond donors (Lipinski definition) is 0. The highest BCUT2D eigenvalue weighted by Crippen LogP contribution is 2.30. The van der Waals surface area contributed by atoms with Crippen LogP contribution in [0.4, 0.5) is 8.78 Å². The monoisotopic (exact) mass is 383 g/mol. The zero-order chi connectivity index (χ0) is 18.8. The van der Waals surface area contributed by atoms with Crippen LogP contribution in [-0.4, -0.2) is 14.8 Å². The predicted octanol–water partition coefficient (Wildman–Crippen LogP) is 5.41. The van der Waals surface area contributed by atoms with Crippen LogP contribution < -0.4 is 0 Å². The number of aromatic nitrogens is 3. The van der Waals surface area contributed by atoms with Gasteiger partial charge in [0, 0.05) is 11.3 Å². The molecule has 0 saturated heterocycles. The van der Waals surface area contributed by atoms with Gasteiger partial charge in [0.15, 0.2) is 10.9 Å². The Morgan fingerprint density at radius 1 is 1.04 bits per heavy atom. The summed E-state index contributed by atoms with van der Waals surface area (Å²) in [4.78, 5) is 0. The minimum atomic E-state index is -0.469. The number of rotatable bonds is 5. The van der Waals surface area contributed by atoms with E-state index in [0.717, 1.165) is 23.4 Å². The quantitative estimate of drug-likeness (QED) is 0.433. The summed E-state index contributed by atoms with van der Waals surface area (Å²) in [6.45, 7) is 2.00. The third kappa shape index (κ3) is 3.64. The second-order valence-corrected chi connectivity index (χ2v) is 6.92. The Morgan fingerprint density at radius 2 is 1.93 bits per heavy atom. The van der Waals surface area contributed by atoms with Crippen LogP contribution in [0, 0.1) is 18.6 Å². The fourth-order valence-electron chi connectivity index (χ4n) is 2.72. The van der Waals surface area contributed by atoms with Gasteiger partial charge in [0.05, 0.1) is 12.0 Å². The molecule has 0 radical (unpaired) electrons. The first-order valence-electron chi connectivity index (χ1n) is 8.25. The van der Waals surface area contributed by atoms with E-state index in [1.807, 2.05) is 35.8 Å². The fourth-order valence-corrected chi connectivity index (χ4v) is 3.65.